The van der Waals surface area contributed by atoms with Crippen LogP contribution in [0, 0.1) is 5.41 Å². The summed E-state index contributed by atoms with van der Waals surface area (Å²) in [4.78, 5) is 4.53. The van der Waals surface area contributed by atoms with E-state index >= 15 is 0 Å². The molecule has 0 atom stereocenters. The average molecular weight is 313 g/mol. The molecule has 3 nitrogen and oxygen atoms in total. The Labute approximate surface area is 128 Å². The SMILES string of the molecule is NCC1(Cc2nc3cc(Cl)cc(Cl)c3o2)CCCCC1. The molecule has 5 heteroatoms. The number of aromatic nitrogens is 1. The summed E-state index contributed by atoms with van der Waals surface area (Å²) in [6.45, 7) is 0.681. The summed E-state index contributed by atoms with van der Waals surface area (Å²) < 4.78 is 5.83. The molecule has 1 aliphatic carbocycles. The lowest BCUT2D eigenvalue weighted by Crippen LogP contribution is -2.35. The normalized spacial score (nSPS) is 18.6. The van der Waals surface area contributed by atoms with Crippen molar-refractivity contribution in [1.82, 2.24) is 4.98 Å². The van der Waals surface area contributed by atoms with Crippen LogP contribution >= 0.6 is 23.2 Å². The van der Waals surface area contributed by atoms with Crippen molar-refractivity contribution in [3.63, 3.8) is 0 Å². The first-order valence-electron chi connectivity index (χ1n) is 7.06. The van der Waals surface area contributed by atoms with Gasteiger partial charge < -0.3 is 10.2 Å². The molecular weight excluding hydrogens is 295 g/mol. The van der Waals surface area contributed by atoms with Crippen LogP contribution in [0.25, 0.3) is 11.1 Å². The maximum absolute atomic E-state index is 6.14. The maximum atomic E-state index is 6.14. The first-order valence-corrected chi connectivity index (χ1v) is 7.82. The number of rotatable bonds is 3. The van der Waals surface area contributed by atoms with Crippen molar-refractivity contribution in [3.8, 4) is 0 Å². The molecule has 1 aromatic heterocycles. The zero-order valence-electron chi connectivity index (χ0n) is 11.3. The Morgan fingerprint density at radius 1 is 1.20 bits per heavy atom. The molecule has 0 bridgehead atoms. The molecule has 2 N–H and O–H groups in total. The fraction of sp³-hybridized carbons (Fsp3) is 0.533. The van der Waals surface area contributed by atoms with Crippen molar-refractivity contribution in [2.75, 3.05) is 6.54 Å². The molecule has 1 fully saturated rings. The summed E-state index contributed by atoms with van der Waals surface area (Å²) in [5, 5.41) is 1.09. The molecule has 1 saturated carbocycles. The van der Waals surface area contributed by atoms with E-state index in [-0.39, 0.29) is 5.41 Å². The minimum absolute atomic E-state index is 0.134. The van der Waals surface area contributed by atoms with E-state index in [4.69, 9.17) is 33.4 Å². The first-order chi connectivity index (χ1) is 9.62. The molecule has 0 spiro atoms. The van der Waals surface area contributed by atoms with Gasteiger partial charge in [0, 0.05) is 11.4 Å². The van der Waals surface area contributed by atoms with Crippen molar-refractivity contribution in [3.05, 3.63) is 28.1 Å². The fourth-order valence-corrected chi connectivity index (χ4v) is 3.68. The lowest BCUT2D eigenvalue weighted by atomic mass is 9.72. The second-order valence-corrected chi connectivity index (χ2v) is 6.63. The third-order valence-electron chi connectivity index (χ3n) is 4.33. The molecule has 3 rings (SSSR count). The quantitative estimate of drug-likeness (QED) is 0.902. The Morgan fingerprint density at radius 3 is 2.65 bits per heavy atom. The van der Waals surface area contributed by atoms with Gasteiger partial charge in [0.1, 0.15) is 5.52 Å². The van der Waals surface area contributed by atoms with Crippen molar-refractivity contribution < 1.29 is 4.42 Å². The van der Waals surface area contributed by atoms with E-state index in [9.17, 15) is 0 Å². The van der Waals surface area contributed by atoms with Crippen LogP contribution in [0.2, 0.25) is 10.0 Å². The highest BCUT2D eigenvalue weighted by molar-refractivity contribution is 6.37. The fourth-order valence-electron chi connectivity index (χ4n) is 3.16. The Bertz CT molecular complexity index is 618. The number of halogens is 2. The van der Waals surface area contributed by atoms with Crippen LogP contribution in [0.3, 0.4) is 0 Å². The van der Waals surface area contributed by atoms with Crippen molar-refractivity contribution >= 4 is 34.3 Å². The minimum Gasteiger partial charge on any atom is -0.439 e. The van der Waals surface area contributed by atoms with Gasteiger partial charge in [-0.3, -0.25) is 0 Å². The van der Waals surface area contributed by atoms with E-state index in [2.05, 4.69) is 4.98 Å². The molecule has 0 unspecified atom stereocenters. The van der Waals surface area contributed by atoms with E-state index in [0.29, 0.717) is 22.2 Å². The number of benzene rings is 1. The van der Waals surface area contributed by atoms with Gasteiger partial charge in [-0.2, -0.15) is 0 Å². The monoisotopic (exact) mass is 312 g/mol. The Balaban J connectivity index is 1.92. The molecule has 0 saturated heterocycles. The Morgan fingerprint density at radius 2 is 1.95 bits per heavy atom. The van der Waals surface area contributed by atoms with Gasteiger partial charge in [0.2, 0.25) is 0 Å². The van der Waals surface area contributed by atoms with Crippen LogP contribution in [-0.2, 0) is 6.42 Å². The highest BCUT2D eigenvalue weighted by Gasteiger charge is 2.32. The van der Waals surface area contributed by atoms with Gasteiger partial charge in [0.15, 0.2) is 11.5 Å². The Kier molecular flexibility index (Phi) is 3.93. The number of fused-ring (bicyclic) bond motifs is 1. The second kappa shape index (κ2) is 5.55. The molecule has 2 aromatic rings. The van der Waals surface area contributed by atoms with Gasteiger partial charge in [0.25, 0.3) is 0 Å². The van der Waals surface area contributed by atoms with Gasteiger partial charge >= 0.3 is 0 Å². The molecule has 1 aliphatic rings. The van der Waals surface area contributed by atoms with Crippen LogP contribution in [-0.4, -0.2) is 11.5 Å². The molecule has 1 aromatic carbocycles. The zero-order chi connectivity index (χ0) is 14.2. The van der Waals surface area contributed by atoms with Gasteiger partial charge in [-0.25, -0.2) is 4.98 Å². The van der Waals surface area contributed by atoms with E-state index in [0.717, 1.165) is 30.7 Å². The van der Waals surface area contributed by atoms with Crippen molar-refractivity contribution in [2.24, 2.45) is 11.1 Å². The third kappa shape index (κ3) is 2.67. The van der Waals surface area contributed by atoms with E-state index in [1.807, 2.05) is 0 Å². The third-order valence-corrected chi connectivity index (χ3v) is 4.83. The van der Waals surface area contributed by atoms with E-state index in [1.54, 1.807) is 12.1 Å². The van der Waals surface area contributed by atoms with Crippen LogP contribution < -0.4 is 5.73 Å². The second-order valence-electron chi connectivity index (χ2n) is 5.79. The molecule has 0 radical (unpaired) electrons. The molecule has 0 amide bonds. The number of nitrogens with two attached hydrogens (primary N) is 1. The lowest BCUT2D eigenvalue weighted by molar-refractivity contribution is 0.184. The van der Waals surface area contributed by atoms with Gasteiger partial charge in [-0.15, -0.1) is 0 Å². The minimum atomic E-state index is 0.134. The summed E-state index contributed by atoms with van der Waals surface area (Å²) in [6, 6.07) is 3.46. The van der Waals surface area contributed by atoms with Crippen molar-refractivity contribution in [2.45, 2.75) is 38.5 Å². The van der Waals surface area contributed by atoms with Crippen LogP contribution in [0.15, 0.2) is 16.5 Å². The van der Waals surface area contributed by atoms with Crippen LogP contribution in [0.1, 0.15) is 38.0 Å². The predicted octanol–water partition coefficient (Wildman–Crippen LogP) is 4.59. The van der Waals surface area contributed by atoms with Crippen LogP contribution in [0.4, 0.5) is 0 Å². The Hall–Kier alpha value is -0.770. The van der Waals surface area contributed by atoms with Gasteiger partial charge in [0.05, 0.1) is 5.02 Å². The maximum Gasteiger partial charge on any atom is 0.196 e. The summed E-state index contributed by atoms with van der Waals surface area (Å²) >= 11 is 12.1. The van der Waals surface area contributed by atoms with Crippen molar-refractivity contribution in [1.29, 1.82) is 0 Å². The summed E-state index contributed by atoms with van der Waals surface area (Å²) in [5.41, 5.74) is 7.49. The topological polar surface area (TPSA) is 52.0 Å². The zero-order valence-corrected chi connectivity index (χ0v) is 12.8. The number of hydrogen-bond donors (Lipinski definition) is 1. The molecule has 108 valence electrons. The average Bonchev–Trinajstić information content (AvgIpc) is 2.82. The largest absolute Gasteiger partial charge is 0.439 e. The lowest BCUT2D eigenvalue weighted by Gasteiger charge is -2.35. The van der Waals surface area contributed by atoms with E-state index in [1.165, 1.54) is 19.3 Å². The standard InChI is InChI=1S/C15H18Cl2N2O/c16-10-6-11(17)14-12(7-10)19-13(20-14)8-15(9-18)4-2-1-3-5-15/h6-7H,1-5,8-9,18H2. The van der Waals surface area contributed by atoms with Gasteiger partial charge in [-0.05, 0) is 36.9 Å². The summed E-state index contributed by atoms with van der Waals surface area (Å²) in [7, 11) is 0. The smallest absolute Gasteiger partial charge is 0.196 e. The number of hydrogen-bond acceptors (Lipinski definition) is 3. The molecule has 1 heterocycles. The predicted molar refractivity (Wildman–Crippen MR) is 82.3 cm³/mol. The number of nitrogens with zero attached hydrogens (tertiary/aromatic N) is 1. The number of oxazole rings is 1. The summed E-state index contributed by atoms with van der Waals surface area (Å²) in [5.74, 6) is 0.719. The molecular formula is C15H18Cl2N2O. The van der Waals surface area contributed by atoms with Crippen LogP contribution in [0.5, 0.6) is 0 Å². The first kappa shape index (κ1) is 14.2. The summed E-state index contributed by atoms with van der Waals surface area (Å²) in [6.07, 6.45) is 6.87. The van der Waals surface area contributed by atoms with Gasteiger partial charge in [-0.1, -0.05) is 42.5 Å². The highest BCUT2D eigenvalue weighted by atomic mass is 35.5. The molecule has 20 heavy (non-hydrogen) atoms. The molecule has 0 aliphatic heterocycles. The van der Waals surface area contributed by atoms with E-state index < -0.39 is 0 Å². The highest BCUT2D eigenvalue weighted by Crippen LogP contribution is 2.39.